The number of hydrogen-bond donors (Lipinski definition) is 1. The average Bonchev–Trinajstić information content (AvgIpc) is 3.20. The molecule has 3 aromatic rings. The van der Waals surface area contributed by atoms with Crippen LogP contribution in [0.25, 0.3) is 11.1 Å². The normalized spacial score (nSPS) is 14.4. The maximum atomic E-state index is 12.7. The highest BCUT2D eigenvalue weighted by Crippen LogP contribution is 2.26. The van der Waals surface area contributed by atoms with Crippen LogP contribution >= 0.6 is 0 Å². The molecule has 2 heterocycles. The van der Waals surface area contributed by atoms with E-state index in [1.807, 2.05) is 25.1 Å². The van der Waals surface area contributed by atoms with Gasteiger partial charge in [0.2, 0.25) is 5.89 Å². The maximum absolute atomic E-state index is 12.7. The second-order valence-corrected chi connectivity index (χ2v) is 8.39. The number of nitrogens with zero attached hydrogens (tertiary/aromatic N) is 4. The van der Waals surface area contributed by atoms with E-state index in [1.165, 1.54) is 4.90 Å². The first-order valence-electron chi connectivity index (χ1n) is 10.9. The summed E-state index contributed by atoms with van der Waals surface area (Å²) >= 11 is 0. The Kier molecular flexibility index (Phi) is 6.50. The van der Waals surface area contributed by atoms with Gasteiger partial charge in [0, 0.05) is 45.8 Å². The number of oxazole rings is 1. The molecule has 0 saturated carbocycles. The summed E-state index contributed by atoms with van der Waals surface area (Å²) < 4.78 is 11.2. The van der Waals surface area contributed by atoms with E-state index < -0.39 is 0 Å². The summed E-state index contributed by atoms with van der Waals surface area (Å²) in [5.74, 6) is 1.17. The van der Waals surface area contributed by atoms with Crippen molar-refractivity contribution in [1.82, 2.24) is 19.7 Å². The van der Waals surface area contributed by atoms with Crippen molar-refractivity contribution in [3.8, 4) is 5.75 Å². The van der Waals surface area contributed by atoms with Crippen molar-refractivity contribution in [2.75, 3.05) is 52.7 Å². The fourth-order valence-electron chi connectivity index (χ4n) is 3.85. The van der Waals surface area contributed by atoms with Gasteiger partial charge in [-0.3, -0.25) is 9.69 Å². The molecule has 1 N–H and O–H groups in total. The van der Waals surface area contributed by atoms with Gasteiger partial charge in [-0.05, 0) is 42.8 Å². The molecule has 1 aromatic heterocycles. The molecule has 1 fully saturated rings. The van der Waals surface area contributed by atoms with Gasteiger partial charge in [-0.25, -0.2) is 9.78 Å². The number of aryl methyl sites for hydroxylation is 1. The number of carbonyl (C=O) groups is 2. The average molecular weight is 452 g/mol. The Balaban J connectivity index is 1.34. The number of anilines is 1. The van der Waals surface area contributed by atoms with Crippen molar-refractivity contribution < 1.29 is 18.7 Å². The monoisotopic (exact) mass is 451 g/mol. The van der Waals surface area contributed by atoms with Crippen molar-refractivity contribution in [3.05, 3.63) is 53.4 Å². The second-order valence-electron chi connectivity index (χ2n) is 8.39. The first kappa shape index (κ1) is 22.6. The fourth-order valence-corrected chi connectivity index (χ4v) is 3.85. The van der Waals surface area contributed by atoms with Crippen LogP contribution < -0.4 is 10.1 Å². The van der Waals surface area contributed by atoms with Crippen LogP contribution in [0.1, 0.15) is 21.8 Å². The Labute approximate surface area is 192 Å². The first-order chi connectivity index (χ1) is 15.8. The summed E-state index contributed by atoms with van der Waals surface area (Å²) in [5, 5.41) is 2.96. The standard InChI is InChI=1S/C24H29N5O4/c1-16-5-7-20(32-4)18(13-16)26-24(31)29-11-9-28(10-12-29)15-22-25-19-14-17(23(30)27(2)3)6-8-21(19)33-22/h5-8,13-14H,9-12,15H2,1-4H3,(H,26,31). The molecule has 2 aromatic carbocycles. The van der Waals surface area contributed by atoms with E-state index >= 15 is 0 Å². The van der Waals surface area contributed by atoms with Gasteiger partial charge >= 0.3 is 6.03 Å². The van der Waals surface area contributed by atoms with E-state index in [0.717, 1.165) is 5.56 Å². The molecule has 0 spiro atoms. The van der Waals surface area contributed by atoms with E-state index in [1.54, 1.807) is 44.3 Å². The van der Waals surface area contributed by atoms with E-state index in [2.05, 4.69) is 15.2 Å². The molecule has 174 valence electrons. The zero-order chi connectivity index (χ0) is 23.5. The molecule has 4 rings (SSSR count). The highest BCUT2D eigenvalue weighted by molar-refractivity contribution is 5.96. The van der Waals surface area contributed by atoms with Crippen LogP contribution in [0.15, 0.2) is 40.8 Å². The summed E-state index contributed by atoms with van der Waals surface area (Å²) in [6.07, 6.45) is 0. The second kappa shape index (κ2) is 9.50. The zero-order valence-corrected chi connectivity index (χ0v) is 19.4. The number of piperazine rings is 1. The summed E-state index contributed by atoms with van der Waals surface area (Å²) in [6, 6.07) is 10.8. The van der Waals surface area contributed by atoms with Crippen LogP contribution in [0.4, 0.5) is 10.5 Å². The van der Waals surface area contributed by atoms with Crippen LogP contribution in [-0.4, -0.2) is 79.0 Å². The number of amides is 3. The number of hydrogen-bond acceptors (Lipinski definition) is 6. The van der Waals surface area contributed by atoms with E-state index in [4.69, 9.17) is 9.15 Å². The third-order valence-corrected chi connectivity index (χ3v) is 5.70. The third kappa shape index (κ3) is 5.09. The SMILES string of the molecule is COc1ccc(C)cc1NC(=O)N1CCN(Cc2nc3cc(C(=O)N(C)C)ccc3o2)CC1. The smallest absolute Gasteiger partial charge is 0.322 e. The number of nitrogens with one attached hydrogen (secondary N) is 1. The van der Waals surface area contributed by atoms with Crippen LogP contribution in [-0.2, 0) is 6.54 Å². The van der Waals surface area contributed by atoms with E-state index in [-0.39, 0.29) is 11.9 Å². The molecule has 0 radical (unpaired) electrons. The lowest BCUT2D eigenvalue weighted by Gasteiger charge is -2.34. The Hall–Kier alpha value is -3.59. The molecular formula is C24H29N5O4. The van der Waals surface area contributed by atoms with Crippen molar-refractivity contribution in [2.45, 2.75) is 13.5 Å². The number of carbonyl (C=O) groups excluding carboxylic acids is 2. The largest absolute Gasteiger partial charge is 0.495 e. The summed E-state index contributed by atoms with van der Waals surface area (Å²) in [4.78, 5) is 35.0. The molecule has 0 bridgehead atoms. The maximum Gasteiger partial charge on any atom is 0.322 e. The van der Waals surface area contributed by atoms with E-state index in [0.29, 0.717) is 66.7 Å². The number of rotatable bonds is 5. The van der Waals surface area contributed by atoms with Crippen molar-refractivity contribution in [2.24, 2.45) is 0 Å². The van der Waals surface area contributed by atoms with Gasteiger partial charge in [0.25, 0.3) is 5.91 Å². The minimum atomic E-state index is -0.140. The molecule has 33 heavy (non-hydrogen) atoms. The van der Waals surface area contributed by atoms with Crippen LogP contribution in [0.3, 0.4) is 0 Å². The Morgan fingerprint density at radius 2 is 1.88 bits per heavy atom. The molecule has 0 aliphatic carbocycles. The van der Waals surface area contributed by atoms with Crippen molar-refractivity contribution in [1.29, 1.82) is 0 Å². The number of fused-ring (bicyclic) bond motifs is 1. The lowest BCUT2D eigenvalue weighted by molar-refractivity contribution is 0.0827. The number of benzene rings is 2. The topological polar surface area (TPSA) is 91.2 Å². The van der Waals surface area contributed by atoms with Gasteiger partial charge in [0.1, 0.15) is 11.3 Å². The number of ether oxygens (including phenoxy) is 1. The molecular weight excluding hydrogens is 422 g/mol. The lowest BCUT2D eigenvalue weighted by Crippen LogP contribution is -2.49. The van der Waals surface area contributed by atoms with Gasteiger partial charge in [0.15, 0.2) is 5.58 Å². The van der Waals surface area contributed by atoms with Crippen LogP contribution in [0.5, 0.6) is 5.75 Å². The van der Waals surface area contributed by atoms with E-state index in [9.17, 15) is 9.59 Å². The Morgan fingerprint density at radius 1 is 1.12 bits per heavy atom. The summed E-state index contributed by atoms with van der Waals surface area (Å²) in [7, 11) is 5.03. The fraction of sp³-hybridized carbons (Fsp3) is 0.375. The Morgan fingerprint density at radius 3 is 2.58 bits per heavy atom. The van der Waals surface area contributed by atoms with Crippen LogP contribution in [0.2, 0.25) is 0 Å². The quantitative estimate of drug-likeness (QED) is 0.641. The predicted octanol–water partition coefficient (Wildman–Crippen LogP) is 3.20. The molecule has 1 saturated heterocycles. The first-order valence-corrected chi connectivity index (χ1v) is 10.9. The predicted molar refractivity (Wildman–Crippen MR) is 126 cm³/mol. The molecule has 0 unspecified atom stereocenters. The van der Waals surface area contributed by atoms with Gasteiger partial charge < -0.3 is 24.3 Å². The van der Waals surface area contributed by atoms with Crippen molar-refractivity contribution in [3.63, 3.8) is 0 Å². The van der Waals surface area contributed by atoms with Crippen molar-refractivity contribution >= 4 is 28.7 Å². The van der Waals surface area contributed by atoms with Gasteiger partial charge in [-0.1, -0.05) is 6.07 Å². The van der Waals surface area contributed by atoms with Gasteiger partial charge in [-0.15, -0.1) is 0 Å². The minimum absolute atomic E-state index is 0.0702. The molecule has 1 aliphatic rings. The number of methoxy groups -OCH3 is 1. The highest BCUT2D eigenvalue weighted by Gasteiger charge is 2.23. The minimum Gasteiger partial charge on any atom is -0.495 e. The van der Waals surface area contributed by atoms with Gasteiger partial charge in [-0.2, -0.15) is 0 Å². The molecule has 9 nitrogen and oxygen atoms in total. The highest BCUT2D eigenvalue weighted by atomic mass is 16.5. The molecule has 0 atom stereocenters. The van der Waals surface area contributed by atoms with Gasteiger partial charge in [0.05, 0.1) is 19.3 Å². The Bertz CT molecular complexity index is 1160. The summed E-state index contributed by atoms with van der Waals surface area (Å²) in [6.45, 7) is 5.14. The zero-order valence-electron chi connectivity index (χ0n) is 19.4. The summed E-state index contributed by atoms with van der Waals surface area (Å²) in [5.41, 5.74) is 3.63. The van der Waals surface area contributed by atoms with Crippen LogP contribution in [0, 0.1) is 6.92 Å². The number of urea groups is 1. The molecule has 9 heteroatoms. The third-order valence-electron chi connectivity index (χ3n) is 5.70. The molecule has 1 aliphatic heterocycles. The molecule has 3 amide bonds. The lowest BCUT2D eigenvalue weighted by atomic mass is 10.2. The number of aromatic nitrogens is 1.